The van der Waals surface area contributed by atoms with E-state index in [1.54, 1.807) is 0 Å². The van der Waals surface area contributed by atoms with Gasteiger partial charge in [0, 0.05) is 12.3 Å². The molecule has 2 aliphatic rings. The van der Waals surface area contributed by atoms with Gasteiger partial charge < -0.3 is 4.74 Å². The second-order valence-corrected chi connectivity index (χ2v) is 5.87. The predicted octanol–water partition coefficient (Wildman–Crippen LogP) is 3.21. The third kappa shape index (κ3) is 2.22. The minimum absolute atomic E-state index is 0.153. The van der Waals surface area contributed by atoms with Crippen LogP contribution in [0.15, 0.2) is 30.3 Å². The molecule has 0 bridgehead atoms. The Morgan fingerprint density at radius 3 is 2.72 bits per heavy atom. The van der Waals surface area contributed by atoms with Crippen molar-refractivity contribution in [3.8, 4) is 0 Å². The summed E-state index contributed by atoms with van der Waals surface area (Å²) in [5.74, 6) is 1.91. The SMILES string of the molecule is CC1CC2CC(=O)C2C(OCc2ccccc2)C1. The maximum atomic E-state index is 11.7. The lowest BCUT2D eigenvalue weighted by Gasteiger charge is -2.46. The van der Waals surface area contributed by atoms with Crippen LogP contribution in [0.3, 0.4) is 0 Å². The van der Waals surface area contributed by atoms with E-state index in [-0.39, 0.29) is 12.0 Å². The van der Waals surface area contributed by atoms with Crippen molar-refractivity contribution in [1.82, 2.24) is 0 Å². The summed E-state index contributed by atoms with van der Waals surface area (Å²) in [6, 6.07) is 10.2. The molecule has 0 spiro atoms. The lowest BCUT2D eigenvalue weighted by atomic mass is 9.60. The molecule has 2 nitrogen and oxygen atoms in total. The van der Waals surface area contributed by atoms with Crippen molar-refractivity contribution in [2.24, 2.45) is 17.8 Å². The van der Waals surface area contributed by atoms with Crippen LogP contribution in [-0.2, 0) is 16.1 Å². The molecule has 2 aliphatic carbocycles. The molecule has 4 atom stereocenters. The van der Waals surface area contributed by atoms with Gasteiger partial charge in [0.05, 0.1) is 12.7 Å². The van der Waals surface area contributed by atoms with Crippen molar-refractivity contribution in [2.75, 3.05) is 0 Å². The summed E-state index contributed by atoms with van der Waals surface area (Å²) in [5.41, 5.74) is 1.19. The minimum Gasteiger partial charge on any atom is -0.373 e. The average Bonchev–Trinajstić information content (AvgIpc) is 2.36. The van der Waals surface area contributed by atoms with Crippen LogP contribution in [0.1, 0.15) is 31.7 Å². The van der Waals surface area contributed by atoms with E-state index >= 15 is 0 Å². The van der Waals surface area contributed by atoms with E-state index < -0.39 is 0 Å². The number of ether oxygens (including phenoxy) is 1. The van der Waals surface area contributed by atoms with Crippen LogP contribution in [0.5, 0.6) is 0 Å². The smallest absolute Gasteiger partial charge is 0.139 e. The number of hydrogen-bond acceptors (Lipinski definition) is 2. The number of hydrogen-bond donors (Lipinski definition) is 0. The summed E-state index contributed by atoms with van der Waals surface area (Å²) in [4.78, 5) is 11.7. The van der Waals surface area contributed by atoms with E-state index in [1.165, 1.54) is 12.0 Å². The standard InChI is InChI=1S/C16H20O2/c1-11-7-13-9-14(17)16(13)15(8-11)18-10-12-5-3-2-4-6-12/h2-6,11,13,15-16H,7-10H2,1H3. The molecular weight excluding hydrogens is 224 g/mol. The summed E-state index contributed by atoms with van der Waals surface area (Å²) in [6.07, 6.45) is 3.20. The molecule has 18 heavy (non-hydrogen) atoms. The van der Waals surface area contributed by atoms with Crippen molar-refractivity contribution in [2.45, 2.75) is 38.9 Å². The van der Waals surface area contributed by atoms with Crippen molar-refractivity contribution >= 4 is 5.78 Å². The number of carbonyl (C=O) groups excluding carboxylic acids is 1. The highest BCUT2D eigenvalue weighted by molar-refractivity contribution is 5.88. The molecule has 0 saturated heterocycles. The van der Waals surface area contributed by atoms with Gasteiger partial charge in [-0.15, -0.1) is 0 Å². The van der Waals surface area contributed by atoms with Gasteiger partial charge in [0.15, 0.2) is 0 Å². The van der Waals surface area contributed by atoms with Crippen LogP contribution in [0, 0.1) is 17.8 Å². The fraction of sp³-hybridized carbons (Fsp3) is 0.562. The van der Waals surface area contributed by atoms with E-state index in [9.17, 15) is 4.79 Å². The number of rotatable bonds is 3. The van der Waals surface area contributed by atoms with Crippen molar-refractivity contribution in [3.63, 3.8) is 0 Å². The Labute approximate surface area is 108 Å². The largest absolute Gasteiger partial charge is 0.373 e. The molecule has 1 aromatic carbocycles. The Balaban J connectivity index is 1.62. The first kappa shape index (κ1) is 11.9. The first-order valence-corrected chi connectivity index (χ1v) is 6.92. The minimum atomic E-state index is 0.153. The lowest BCUT2D eigenvalue weighted by molar-refractivity contribution is -0.153. The molecule has 2 heteroatoms. The summed E-state index contributed by atoms with van der Waals surface area (Å²) in [7, 11) is 0. The molecule has 0 radical (unpaired) electrons. The van der Waals surface area contributed by atoms with Crippen LogP contribution >= 0.6 is 0 Å². The van der Waals surface area contributed by atoms with Crippen molar-refractivity contribution in [1.29, 1.82) is 0 Å². The molecule has 2 saturated carbocycles. The molecule has 0 amide bonds. The summed E-state index contributed by atoms with van der Waals surface area (Å²) >= 11 is 0. The van der Waals surface area contributed by atoms with Crippen molar-refractivity contribution < 1.29 is 9.53 Å². The fourth-order valence-electron chi connectivity index (χ4n) is 3.47. The third-order valence-electron chi connectivity index (χ3n) is 4.39. The zero-order chi connectivity index (χ0) is 12.5. The van der Waals surface area contributed by atoms with E-state index in [4.69, 9.17) is 4.74 Å². The van der Waals surface area contributed by atoms with Crippen LogP contribution in [0.4, 0.5) is 0 Å². The third-order valence-corrected chi connectivity index (χ3v) is 4.39. The van der Waals surface area contributed by atoms with Crippen molar-refractivity contribution in [3.05, 3.63) is 35.9 Å². The highest BCUT2D eigenvalue weighted by Gasteiger charge is 2.48. The van der Waals surface area contributed by atoms with E-state index in [0.717, 1.165) is 12.8 Å². The zero-order valence-electron chi connectivity index (χ0n) is 10.8. The van der Waals surface area contributed by atoms with Crippen LogP contribution < -0.4 is 0 Å². The number of ketones is 1. The molecule has 1 aromatic rings. The topological polar surface area (TPSA) is 26.3 Å². The maximum absolute atomic E-state index is 11.7. The maximum Gasteiger partial charge on any atom is 0.139 e. The second-order valence-electron chi connectivity index (χ2n) is 5.87. The number of benzene rings is 1. The molecular formula is C16H20O2. The van der Waals surface area contributed by atoms with Gasteiger partial charge in [0.1, 0.15) is 5.78 Å². The molecule has 0 heterocycles. The van der Waals surface area contributed by atoms with Gasteiger partial charge in [0.25, 0.3) is 0 Å². The summed E-state index contributed by atoms with van der Waals surface area (Å²) in [5, 5.41) is 0. The molecule has 2 fully saturated rings. The first-order chi connectivity index (χ1) is 8.74. The molecule has 0 aliphatic heterocycles. The average molecular weight is 244 g/mol. The van der Waals surface area contributed by atoms with Gasteiger partial charge in [-0.2, -0.15) is 0 Å². The van der Waals surface area contributed by atoms with Crippen LogP contribution in [-0.4, -0.2) is 11.9 Å². The summed E-state index contributed by atoms with van der Waals surface area (Å²) in [6.45, 7) is 2.91. The molecule has 0 aromatic heterocycles. The quantitative estimate of drug-likeness (QED) is 0.816. The predicted molar refractivity (Wildman–Crippen MR) is 70.0 cm³/mol. The Morgan fingerprint density at radius 1 is 1.22 bits per heavy atom. The van der Waals surface area contributed by atoms with Crippen LogP contribution in [0.2, 0.25) is 0 Å². The first-order valence-electron chi connectivity index (χ1n) is 6.92. The van der Waals surface area contributed by atoms with E-state index in [2.05, 4.69) is 19.1 Å². The van der Waals surface area contributed by atoms with Gasteiger partial charge in [-0.1, -0.05) is 37.3 Å². The van der Waals surface area contributed by atoms with Gasteiger partial charge in [-0.3, -0.25) is 4.79 Å². The molecule has 4 unspecified atom stereocenters. The molecule has 3 rings (SSSR count). The Kier molecular flexibility index (Phi) is 3.21. The summed E-state index contributed by atoms with van der Waals surface area (Å²) < 4.78 is 6.02. The number of carbonyl (C=O) groups is 1. The van der Waals surface area contributed by atoms with Crippen LogP contribution in [0.25, 0.3) is 0 Å². The number of fused-ring (bicyclic) bond motifs is 1. The second kappa shape index (κ2) is 4.85. The zero-order valence-corrected chi connectivity index (χ0v) is 10.8. The Hall–Kier alpha value is -1.15. The molecule has 96 valence electrons. The van der Waals surface area contributed by atoms with Gasteiger partial charge in [0.2, 0.25) is 0 Å². The fourth-order valence-corrected chi connectivity index (χ4v) is 3.47. The Morgan fingerprint density at radius 2 is 2.00 bits per heavy atom. The Bertz CT molecular complexity index is 426. The van der Waals surface area contributed by atoms with Gasteiger partial charge in [-0.05, 0) is 30.2 Å². The normalized spacial score (nSPS) is 34.8. The van der Waals surface area contributed by atoms with E-state index in [1.807, 2.05) is 18.2 Å². The van der Waals surface area contributed by atoms with Gasteiger partial charge >= 0.3 is 0 Å². The monoisotopic (exact) mass is 244 g/mol. The molecule has 0 N–H and O–H groups in total. The lowest BCUT2D eigenvalue weighted by Crippen LogP contribution is -2.50. The number of Topliss-reactive ketones (excluding diaryl/α,β-unsaturated/α-hetero) is 1. The highest BCUT2D eigenvalue weighted by atomic mass is 16.5. The highest BCUT2D eigenvalue weighted by Crippen LogP contribution is 2.45. The van der Waals surface area contributed by atoms with E-state index in [0.29, 0.717) is 24.2 Å². The van der Waals surface area contributed by atoms with Gasteiger partial charge in [-0.25, -0.2) is 0 Å².